The van der Waals surface area contributed by atoms with Crippen molar-refractivity contribution in [1.29, 1.82) is 0 Å². The first kappa shape index (κ1) is 32.6. The number of carbonyl (C=O) groups excluding carboxylic acids is 1. The Morgan fingerprint density at radius 2 is 1.54 bits per heavy atom. The molecule has 0 unspecified atom stereocenters. The summed E-state index contributed by atoms with van der Waals surface area (Å²) in [7, 11) is 0. The molecule has 0 fully saturated rings. The van der Waals surface area contributed by atoms with Gasteiger partial charge in [0, 0.05) is 52.8 Å². The summed E-state index contributed by atoms with van der Waals surface area (Å²) in [4.78, 5) is 21.7. The van der Waals surface area contributed by atoms with E-state index in [1.807, 2.05) is 41.5 Å². The van der Waals surface area contributed by atoms with E-state index in [1.54, 1.807) is 17.7 Å². The Labute approximate surface area is 261 Å². The van der Waals surface area contributed by atoms with Crippen molar-refractivity contribution in [3.63, 3.8) is 0 Å². The first-order chi connectivity index (χ1) is 18.6. The second-order valence-electron chi connectivity index (χ2n) is 13.3. The van der Waals surface area contributed by atoms with Crippen LogP contribution in [0.15, 0.2) is 72.8 Å². The third-order valence-corrected chi connectivity index (χ3v) is 8.02. The van der Waals surface area contributed by atoms with Gasteiger partial charge in [-0.15, -0.1) is 46.7 Å². The number of aromatic nitrogens is 2. The minimum absolute atomic E-state index is 0. The molecule has 2 aromatic heterocycles. The molecule has 6 heteroatoms. The van der Waals surface area contributed by atoms with E-state index in [0.29, 0.717) is 0 Å². The smallest absolute Gasteiger partial charge is 0.164 e. The van der Waals surface area contributed by atoms with Gasteiger partial charge in [-0.1, -0.05) is 98.7 Å². The van der Waals surface area contributed by atoms with E-state index in [1.165, 1.54) is 32.5 Å². The van der Waals surface area contributed by atoms with E-state index in [4.69, 9.17) is 0 Å². The van der Waals surface area contributed by atoms with Crippen molar-refractivity contribution in [3.05, 3.63) is 84.4 Å². The third kappa shape index (κ3) is 7.30. The molecule has 0 aliphatic rings. The van der Waals surface area contributed by atoms with Crippen LogP contribution in [0.2, 0.25) is 0 Å². The number of benzene rings is 3. The Kier molecular flexibility index (Phi) is 9.64. The second kappa shape index (κ2) is 12.1. The van der Waals surface area contributed by atoms with Gasteiger partial charge < -0.3 is 5.11 Å². The molecule has 0 spiro atoms. The summed E-state index contributed by atoms with van der Waals surface area (Å²) in [6, 6.07) is 22.8. The van der Waals surface area contributed by atoms with Crippen molar-refractivity contribution in [2.75, 3.05) is 0 Å². The number of aliphatic hydroxyl groups is 1. The number of ketones is 1. The van der Waals surface area contributed by atoms with Gasteiger partial charge in [-0.25, -0.2) is 4.98 Å². The summed E-state index contributed by atoms with van der Waals surface area (Å²) in [6.45, 7) is 17.8. The van der Waals surface area contributed by atoms with Gasteiger partial charge >= 0.3 is 0 Å². The Morgan fingerprint density at radius 1 is 0.854 bits per heavy atom. The molecule has 1 N–H and O–H groups in total. The summed E-state index contributed by atoms with van der Waals surface area (Å²) >= 11 is 1.74. The largest absolute Gasteiger partial charge is 0.512 e. The monoisotopic (exact) mass is 744 g/mol. The van der Waals surface area contributed by atoms with Crippen LogP contribution in [0.1, 0.15) is 67.9 Å². The Hall–Kier alpha value is -2.92. The number of thiophene rings is 1. The van der Waals surface area contributed by atoms with Crippen LogP contribution in [0.5, 0.6) is 0 Å². The number of hydrogen-bond acceptors (Lipinski definition) is 5. The molecule has 0 amide bonds. The van der Waals surface area contributed by atoms with E-state index < -0.39 is 5.41 Å². The Morgan fingerprint density at radius 3 is 2.12 bits per heavy atom. The third-order valence-electron chi connectivity index (χ3n) is 6.87. The number of carbonyl (C=O) groups is 1. The molecule has 5 rings (SSSR count). The minimum Gasteiger partial charge on any atom is -0.512 e. The summed E-state index contributed by atoms with van der Waals surface area (Å²) in [6.07, 6.45) is 3.00. The molecule has 41 heavy (non-hydrogen) atoms. The molecule has 2 heterocycles. The molecular weight excluding hydrogens is 705 g/mol. The number of allylic oxidation sites excluding steroid dienone is 2. The zero-order chi connectivity index (χ0) is 29.5. The quantitative estimate of drug-likeness (QED) is 0.111. The first-order valence-electron chi connectivity index (χ1n) is 13.6. The molecule has 4 nitrogen and oxygen atoms in total. The fourth-order valence-corrected chi connectivity index (χ4v) is 5.31. The van der Waals surface area contributed by atoms with E-state index in [2.05, 4.69) is 91.4 Å². The van der Waals surface area contributed by atoms with Gasteiger partial charge in [0.15, 0.2) is 5.78 Å². The van der Waals surface area contributed by atoms with Gasteiger partial charge in [0.2, 0.25) is 0 Å². The Balaban J connectivity index is 0.000000284. The van der Waals surface area contributed by atoms with E-state index >= 15 is 0 Å². The SMILES string of the molecule is CC(C)(C)C(=O)/C=C(\O)C(C)(C)C.CC(C)(C)c1c[c-]c(-c2ncnc3sc4c5ccccc5ccc4c23)cc1.[Ir]. The van der Waals surface area contributed by atoms with Crippen molar-refractivity contribution in [3.8, 4) is 11.3 Å². The van der Waals surface area contributed by atoms with E-state index in [9.17, 15) is 9.90 Å². The molecule has 3 aromatic carbocycles. The van der Waals surface area contributed by atoms with Crippen LogP contribution in [0, 0.1) is 16.9 Å². The summed E-state index contributed by atoms with van der Waals surface area (Å²) in [5.41, 5.74) is 2.60. The van der Waals surface area contributed by atoms with Crippen molar-refractivity contribution in [2.45, 2.75) is 67.7 Å². The van der Waals surface area contributed by atoms with Crippen LogP contribution < -0.4 is 0 Å². The zero-order valence-electron chi connectivity index (χ0n) is 25.3. The van der Waals surface area contributed by atoms with Gasteiger partial charge in [-0.3, -0.25) is 9.78 Å². The average molecular weight is 744 g/mol. The molecule has 217 valence electrons. The van der Waals surface area contributed by atoms with Crippen LogP contribution >= 0.6 is 11.3 Å². The van der Waals surface area contributed by atoms with Crippen molar-refractivity contribution in [2.24, 2.45) is 10.8 Å². The maximum Gasteiger partial charge on any atom is 0.164 e. The maximum atomic E-state index is 11.5. The molecule has 0 aliphatic carbocycles. The number of nitrogens with zero attached hydrogens (tertiary/aromatic N) is 2. The van der Waals surface area contributed by atoms with E-state index in [-0.39, 0.29) is 42.5 Å². The van der Waals surface area contributed by atoms with Gasteiger partial charge in [0.05, 0.1) is 0 Å². The fourth-order valence-electron chi connectivity index (χ4n) is 4.14. The summed E-state index contributed by atoms with van der Waals surface area (Å²) < 4.78 is 1.27. The molecule has 0 atom stereocenters. The van der Waals surface area contributed by atoms with Crippen LogP contribution in [0.4, 0.5) is 0 Å². The molecule has 0 aliphatic heterocycles. The van der Waals surface area contributed by atoms with Crippen LogP contribution in [-0.2, 0) is 30.3 Å². The predicted molar refractivity (Wildman–Crippen MR) is 170 cm³/mol. The molecular formula is C35H39IrN2O2S-. The van der Waals surface area contributed by atoms with Gasteiger partial charge in [0.1, 0.15) is 16.9 Å². The van der Waals surface area contributed by atoms with Crippen LogP contribution in [-0.4, -0.2) is 20.9 Å². The molecule has 0 saturated heterocycles. The van der Waals surface area contributed by atoms with Crippen molar-refractivity contribution >= 4 is 48.2 Å². The maximum absolute atomic E-state index is 11.5. The molecule has 1 radical (unpaired) electrons. The normalized spacial score (nSPS) is 12.7. The van der Waals surface area contributed by atoms with E-state index in [0.717, 1.165) is 21.5 Å². The molecule has 0 saturated carbocycles. The van der Waals surface area contributed by atoms with Crippen molar-refractivity contribution in [1.82, 2.24) is 9.97 Å². The molecule has 5 aromatic rings. The van der Waals surface area contributed by atoms with Gasteiger partial charge in [0.25, 0.3) is 0 Å². The standard InChI is InChI=1S/C24H19N2S.C11H20O2.Ir/c1-24(2,3)17-11-8-16(9-12-17)21-20-19-13-10-15-6-4-5-7-18(15)22(19)27-23(20)26-14-25-21;1-10(2,3)8(12)7-9(13)11(4,5)6;/h4-8,10-14H,1-3H3;7,12H,1-6H3;/q-1;;/b;8-7-;. The van der Waals surface area contributed by atoms with Crippen molar-refractivity contribution < 1.29 is 30.0 Å². The van der Waals surface area contributed by atoms with Crippen LogP contribution in [0.25, 0.3) is 42.3 Å². The van der Waals surface area contributed by atoms with Gasteiger partial charge in [-0.2, -0.15) is 0 Å². The van der Waals surface area contributed by atoms with Crippen LogP contribution in [0.3, 0.4) is 0 Å². The zero-order valence-corrected chi connectivity index (χ0v) is 28.6. The average Bonchev–Trinajstić information content (AvgIpc) is 3.27. The van der Waals surface area contributed by atoms with Gasteiger partial charge in [-0.05, 0) is 21.6 Å². The fraction of sp³-hybridized carbons (Fsp3) is 0.343. The molecule has 0 bridgehead atoms. The number of fused-ring (bicyclic) bond motifs is 5. The summed E-state index contributed by atoms with van der Waals surface area (Å²) in [5, 5.41) is 14.4. The first-order valence-corrected chi connectivity index (χ1v) is 14.4. The summed E-state index contributed by atoms with van der Waals surface area (Å²) in [5.74, 6) is 0.104. The second-order valence-corrected chi connectivity index (χ2v) is 14.3. The predicted octanol–water partition coefficient (Wildman–Crippen LogP) is 9.85. The number of rotatable bonds is 2. The Bertz CT molecular complexity index is 1710. The number of aliphatic hydroxyl groups excluding tert-OH is 1. The minimum atomic E-state index is -0.417. The number of hydrogen-bond donors (Lipinski definition) is 1. The topological polar surface area (TPSA) is 63.1 Å².